The van der Waals surface area contributed by atoms with Gasteiger partial charge in [-0.05, 0) is 29.7 Å². The number of carbonyl (C=O) groups is 1. The quantitative estimate of drug-likeness (QED) is 0.410. The van der Waals surface area contributed by atoms with Gasteiger partial charge in [-0.1, -0.05) is 0 Å². The van der Waals surface area contributed by atoms with Gasteiger partial charge < -0.3 is 5.73 Å². The first-order valence-corrected chi connectivity index (χ1v) is 3.71. The van der Waals surface area contributed by atoms with Crippen molar-refractivity contribution in [2.45, 2.75) is 0 Å². The van der Waals surface area contributed by atoms with E-state index in [-0.39, 0.29) is 12.3 Å². The zero-order valence-electron chi connectivity index (χ0n) is 6.90. The fraction of sp³-hybridized carbons (Fsp3) is 0.125. The first-order chi connectivity index (χ1) is 6.27. The molecule has 0 aliphatic heterocycles. The van der Waals surface area contributed by atoms with Crippen LogP contribution in [-0.2, 0) is 0 Å². The van der Waals surface area contributed by atoms with Crippen molar-refractivity contribution in [1.29, 1.82) is 5.39 Å². The van der Waals surface area contributed by atoms with Gasteiger partial charge in [-0.15, -0.1) is 0 Å². The molecule has 0 atom stereocenters. The van der Waals surface area contributed by atoms with Gasteiger partial charge in [0.15, 0.2) is 5.78 Å². The van der Waals surface area contributed by atoms with Crippen LogP contribution in [0.1, 0.15) is 10.4 Å². The van der Waals surface area contributed by atoms with Crippen molar-refractivity contribution in [2.75, 3.05) is 12.0 Å². The van der Waals surface area contributed by atoms with Gasteiger partial charge in [0.1, 0.15) is 5.69 Å². The third kappa shape index (κ3) is 2.25. The number of benzene rings is 1. The Labute approximate surface area is 75.1 Å². The van der Waals surface area contributed by atoms with Gasteiger partial charge in [0, 0.05) is 5.56 Å². The highest BCUT2D eigenvalue weighted by Gasteiger charge is 2.03. The molecule has 0 radical (unpaired) electrons. The molecular formula is C8H9N4O+. The average molecular weight is 177 g/mol. The number of rotatable bonds is 3. The molecule has 3 N–H and O–H groups in total. The minimum atomic E-state index is -0.118. The van der Waals surface area contributed by atoms with Crippen LogP contribution in [0.15, 0.2) is 24.3 Å². The van der Waals surface area contributed by atoms with E-state index in [1.807, 2.05) is 0 Å². The van der Waals surface area contributed by atoms with Crippen molar-refractivity contribution in [3.8, 4) is 0 Å². The summed E-state index contributed by atoms with van der Waals surface area (Å²) in [5.41, 5.74) is 8.66. The monoisotopic (exact) mass is 177 g/mol. The van der Waals surface area contributed by atoms with Gasteiger partial charge in [-0.25, -0.2) is 0 Å². The zero-order chi connectivity index (χ0) is 9.68. The van der Waals surface area contributed by atoms with E-state index in [4.69, 9.17) is 11.1 Å². The van der Waals surface area contributed by atoms with Crippen molar-refractivity contribution in [3.63, 3.8) is 0 Å². The summed E-state index contributed by atoms with van der Waals surface area (Å²) in [4.78, 5) is 11.1. The smallest absolute Gasteiger partial charge is 0.308 e. The predicted octanol–water partition coefficient (Wildman–Crippen LogP) is 1.01. The fourth-order valence-corrected chi connectivity index (χ4v) is 0.906. The molecule has 0 saturated heterocycles. The predicted molar refractivity (Wildman–Crippen MR) is 48.5 cm³/mol. The number of hydrogen-bond donors (Lipinski definition) is 2. The van der Waals surface area contributed by atoms with E-state index >= 15 is 0 Å². The first kappa shape index (κ1) is 9.16. The molecule has 0 heterocycles. The van der Waals surface area contributed by atoms with E-state index in [1.54, 1.807) is 24.3 Å². The zero-order valence-corrected chi connectivity index (χ0v) is 6.90. The highest BCUT2D eigenvalue weighted by molar-refractivity contribution is 5.97. The molecule has 1 rings (SSSR count). The second-order valence-corrected chi connectivity index (χ2v) is 2.42. The first-order valence-electron chi connectivity index (χ1n) is 3.71. The molecule has 1 aromatic carbocycles. The highest BCUT2D eigenvalue weighted by atomic mass is 16.1. The van der Waals surface area contributed by atoms with E-state index in [1.165, 1.54) is 0 Å². The largest absolute Gasteiger partial charge is 0.324 e. The van der Waals surface area contributed by atoms with E-state index < -0.39 is 0 Å². The molecule has 0 fully saturated rings. The number of hydrogen-bond acceptors (Lipinski definition) is 4. The minimum absolute atomic E-state index is 0.00283. The van der Waals surface area contributed by atoms with Crippen molar-refractivity contribution < 1.29 is 4.79 Å². The van der Waals surface area contributed by atoms with Crippen LogP contribution in [0.2, 0.25) is 0 Å². The molecule has 66 valence electrons. The molecule has 5 nitrogen and oxygen atoms in total. The van der Waals surface area contributed by atoms with Crippen LogP contribution in [-0.4, -0.2) is 12.3 Å². The molecule has 0 bridgehead atoms. The van der Waals surface area contributed by atoms with Crippen LogP contribution in [0, 0.1) is 5.39 Å². The number of diazo groups is 1. The molecule has 0 unspecified atom stereocenters. The molecule has 13 heavy (non-hydrogen) atoms. The van der Waals surface area contributed by atoms with E-state index in [0.717, 1.165) is 0 Å². The average Bonchev–Trinajstić information content (AvgIpc) is 2.18. The SMILES string of the molecule is N#[N+]Nc1ccc(C(=O)CN)cc1. The summed E-state index contributed by atoms with van der Waals surface area (Å²) in [6.07, 6.45) is 0. The lowest BCUT2D eigenvalue weighted by atomic mass is 10.1. The highest BCUT2D eigenvalue weighted by Crippen LogP contribution is 2.09. The van der Waals surface area contributed by atoms with Gasteiger partial charge in [0.2, 0.25) is 0 Å². The second-order valence-electron chi connectivity index (χ2n) is 2.42. The van der Waals surface area contributed by atoms with Gasteiger partial charge in [0.25, 0.3) is 5.39 Å². The summed E-state index contributed by atoms with van der Waals surface area (Å²) in [5.74, 6) is -0.118. The molecular weight excluding hydrogens is 168 g/mol. The summed E-state index contributed by atoms with van der Waals surface area (Å²) in [5, 5.41) is 10.9. The summed E-state index contributed by atoms with van der Waals surface area (Å²) in [7, 11) is 0. The summed E-state index contributed by atoms with van der Waals surface area (Å²) in [6.45, 7) is -0.00283. The Bertz CT molecular complexity index is 338. The Kier molecular flexibility index (Phi) is 2.95. The van der Waals surface area contributed by atoms with Crippen LogP contribution in [0.5, 0.6) is 0 Å². The van der Waals surface area contributed by atoms with Gasteiger partial charge in [-0.2, -0.15) is 0 Å². The van der Waals surface area contributed by atoms with Crippen molar-refractivity contribution in [2.24, 2.45) is 5.73 Å². The lowest BCUT2D eigenvalue weighted by molar-refractivity contribution is 0.100. The Morgan fingerprint density at radius 1 is 1.46 bits per heavy atom. The summed E-state index contributed by atoms with van der Waals surface area (Å²) in [6, 6.07) is 6.48. The van der Waals surface area contributed by atoms with Crippen LogP contribution in [0.4, 0.5) is 5.69 Å². The molecule has 0 amide bonds. The number of nitrogens with one attached hydrogen (secondary N) is 1. The molecule has 0 spiro atoms. The number of ketones is 1. The lowest BCUT2D eigenvalue weighted by Crippen LogP contribution is -2.13. The third-order valence-corrected chi connectivity index (χ3v) is 1.57. The maximum absolute atomic E-state index is 11.1. The molecule has 1 aromatic rings. The Hall–Kier alpha value is -1.93. The summed E-state index contributed by atoms with van der Waals surface area (Å²) >= 11 is 0. The van der Waals surface area contributed by atoms with Crippen LogP contribution < -0.4 is 11.2 Å². The van der Waals surface area contributed by atoms with Crippen LogP contribution in [0.3, 0.4) is 0 Å². The number of Topliss-reactive ketones (excluding diaryl/α,β-unsaturated/α-hetero) is 1. The van der Waals surface area contributed by atoms with Crippen LogP contribution >= 0.6 is 0 Å². The number of nitrogens with zero attached hydrogens (tertiary/aromatic N) is 2. The Balaban J connectivity index is 2.82. The number of anilines is 1. The minimum Gasteiger partial charge on any atom is -0.324 e. The second kappa shape index (κ2) is 4.18. The maximum atomic E-state index is 11.1. The molecule has 5 heteroatoms. The normalized spacial score (nSPS) is 8.92. The standard InChI is InChI=1S/C8H8N4O/c9-5-8(13)6-1-3-7(4-2-6)11-12-10/h1-4H,5,9H2/p+1. The molecule has 0 aliphatic rings. The van der Waals surface area contributed by atoms with E-state index in [2.05, 4.69) is 10.5 Å². The Morgan fingerprint density at radius 3 is 2.54 bits per heavy atom. The van der Waals surface area contributed by atoms with Crippen molar-refractivity contribution in [3.05, 3.63) is 34.9 Å². The summed E-state index contributed by atoms with van der Waals surface area (Å²) < 4.78 is 0. The molecule has 0 aliphatic carbocycles. The molecule has 0 saturated carbocycles. The lowest BCUT2D eigenvalue weighted by Gasteiger charge is -1.96. The van der Waals surface area contributed by atoms with Crippen molar-refractivity contribution >= 4 is 11.5 Å². The van der Waals surface area contributed by atoms with Crippen LogP contribution in [0.25, 0.3) is 5.08 Å². The third-order valence-electron chi connectivity index (χ3n) is 1.57. The topological polar surface area (TPSA) is 83.3 Å². The number of nitrogens with two attached hydrogens (primary N) is 1. The van der Waals surface area contributed by atoms with Gasteiger partial charge >= 0.3 is 5.08 Å². The van der Waals surface area contributed by atoms with Gasteiger partial charge in [-0.3, -0.25) is 4.79 Å². The van der Waals surface area contributed by atoms with E-state index in [9.17, 15) is 4.79 Å². The fourth-order valence-electron chi connectivity index (χ4n) is 0.906. The van der Waals surface area contributed by atoms with Crippen molar-refractivity contribution in [1.82, 2.24) is 0 Å². The van der Waals surface area contributed by atoms with Gasteiger partial charge in [0.05, 0.1) is 6.54 Å². The Morgan fingerprint density at radius 2 is 2.08 bits per heavy atom. The van der Waals surface area contributed by atoms with E-state index in [0.29, 0.717) is 11.3 Å². The maximum Gasteiger partial charge on any atom is 0.308 e. The molecule has 0 aromatic heterocycles. The number of carbonyl (C=O) groups excluding carboxylic acids is 1.